The number of aryl methyl sites for hydroxylation is 1. The van der Waals surface area contributed by atoms with E-state index in [4.69, 9.17) is 16.0 Å². The lowest BCUT2D eigenvalue weighted by molar-refractivity contribution is 0.571. The lowest BCUT2D eigenvalue weighted by Gasteiger charge is -1.96. The second kappa shape index (κ2) is 3.80. The highest BCUT2D eigenvalue weighted by Crippen LogP contribution is 2.20. The van der Waals surface area contributed by atoms with Crippen LogP contribution in [0.25, 0.3) is 11.5 Å². The molecule has 0 aliphatic heterocycles. The average Bonchev–Trinajstić information content (AvgIpc) is 2.65. The molecule has 0 N–H and O–H groups in total. The van der Waals surface area contributed by atoms with Crippen molar-refractivity contribution in [1.82, 2.24) is 10.2 Å². The number of aromatic nitrogens is 2. The molecule has 0 amide bonds. The first-order valence-electron chi connectivity index (χ1n) is 4.38. The summed E-state index contributed by atoms with van der Waals surface area (Å²) >= 11 is 5.53. The van der Waals surface area contributed by atoms with E-state index in [1.54, 1.807) is 0 Å². The molecule has 0 fully saturated rings. The van der Waals surface area contributed by atoms with Crippen LogP contribution in [0.2, 0.25) is 5.35 Å². The minimum absolute atomic E-state index is 0.0690. The second-order valence-corrected chi connectivity index (χ2v) is 3.23. The van der Waals surface area contributed by atoms with E-state index in [-0.39, 0.29) is 5.35 Å². The molecule has 0 aliphatic rings. The molecule has 2 rings (SSSR count). The zero-order valence-corrected chi connectivity index (χ0v) is 8.45. The molecule has 0 saturated carbocycles. The van der Waals surface area contributed by atoms with E-state index >= 15 is 0 Å². The Kier molecular flexibility index (Phi) is 2.50. The Hall–Kier alpha value is -1.35. The number of benzene rings is 1. The zero-order valence-electron chi connectivity index (χ0n) is 7.70. The molecule has 3 nitrogen and oxygen atoms in total. The van der Waals surface area contributed by atoms with Gasteiger partial charge < -0.3 is 4.42 Å². The van der Waals surface area contributed by atoms with Gasteiger partial charge in [0.25, 0.3) is 0 Å². The molecule has 1 heterocycles. The number of halogens is 1. The Labute approximate surface area is 86.7 Å². The molecule has 0 radical (unpaired) electrons. The molecule has 0 saturated heterocycles. The first-order valence-corrected chi connectivity index (χ1v) is 4.75. The highest BCUT2D eigenvalue weighted by Gasteiger charge is 2.05. The Morgan fingerprint density at radius 1 is 1.21 bits per heavy atom. The summed E-state index contributed by atoms with van der Waals surface area (Å²) in [7, 11) is 0. The molecule has 0 aliphatic carbocycles. The Bertz CT molecular complexity index is 422. The van der Waals surface area contributed by atoms with Gasteiger partial charge in [-0.25, -0.2) is 0 Å². The summed E-state index contributed by atoms with van der Waals surface area (Å²) in [4.78, 5) is 0. The van der Waals surface area contributed by atoms with Gasteiger partial charge in [-0.1, -0.05) is 24.2 Å². The van der Waals surface area contributed by atoms with E-state index < -0.39 is 0 Å². The fraction of sp³-hybridized carbons (Fsp3) is 0.200. The second-order valence-electron chi connectivity index (χ2n) is 2.91. The molecule has 0 spiro atoms. The molecular weight excluding hydrogens is 200 g/mol. The smallest absolute Gasteiger partial charge is 0.313 e. The van der Waals surface area contributed by atoms with Gasteiger partial charge in [0.2, 0.25) is 5.89 Å². The highest BCUT2D eigenvalue weighted by atomic mass is 35.5. The summed E-state index contributed by atoms with van der Waals surface area (Å²) in [5.74, 6) is 0.456. The van der Waals surface area contributed by atoms with Gasteiger partial charge in [0.15, 0.2) is 0 Å². The van der Waals surface area contributed by atoms with Crippen LogP contribution >= 0.6 is 11.6 Å². The first-order chi connectivity index (χ1) is 6.79. The zero-order chi connectivity index (χ0) is 9.97. The molecule has 14 heavy (non-hydrogen) atoms. The van der Waals surface area contributed by atoms with Gasteiger partial charge in [-0.3, -0.25) is 0 Å². The van der Waals surface area contributed by atoms with E-state index in [0.29, 0.717) is 5.89 Å². The van der Waals surface area contributed by atoms with Gasteiger partial charge in [-0.2, -0.15) is 0 Å². The van der Waals surface area contributed by atoms with Gasteiger partial charge >= 0.3 is 5.35 Å². The predicted octanol–water partition coefficient (Wildman–Crippen LogP) is 2.95. The van der Waals surface area contributed by atoms with E-state index in [2.05, 4.69) is 17.1 Å². The van der Waals surface area contributed by atoms with Crippen LogP contribution in [0.4, 0.5) is 0 Å². The molecule has 1 aromatic carbocycles. The SMILES string of the molecule is CCc1ccc(-c2nnc(Cl)o2)cc1. The third kappa shape index (κ3) is 1.77. The van der Waals surface area contributed by atoms with E-state index in [0.717, 1.165) is 12.0 Å². The minimum atomic E-state index is 0.0690. The maximum Gasteiger partial charge on any atom is 0.313 e. The van der Waals surface area contributed by atoms with Crippen LogP contribution in [0.1, 0.15) is 12.5 Å². The van der Waals surface area contributed by atoms with E-state index in [9.17, 15) is 0 Å². The van der Waals surface area contributed by atoms with Crippen molar-refractivity contribution < 1.29 is 4.42 Å². The fourth-order valence-corrected chi connectivity index (χ4v) is 1.32. The molecule has 0 atom stereocenters. The Morgan fingerprint density at radius 2 is 1.93 bits per heavy atom. The normalized spacial score (nSPS) is 10.4. The number of hydrogen-bond acceptors (Lipinski definition) is 3. The number of nitrogens with zero attached hydrogens (tertiary/aromatic N) is 2. The third-order valence-electron chi connectivity index (χ3n) is 2.01. The van der Waals surface area contributed by atoms with Crippen LogP contribution in [0.3, 0.4) is 0 Å². The molecule has 0 unspecified atom stereocenters. The summed E-state index contributed by atoms with van der Waals surface area (Å²) in [6, 6.07) is 7.96. The fourth-order valence-electron chi connectivity index (χ4n) is 1.21. The summed E-state index contributed by atoms with van der Waals surface area (Å²) in [5.41, 5.74) is 2.17. The summed E-state index contributed by atoms with van der Waals surface area (Å²) in [6.45, 7) is 2.11. The van der Waals surface area contributed by atoms with Gasteiger partial charge in [-0.05, 0) is 35.7 Å². The van der Waals surface area contributed by atoms with Crippen molar-refractivity contribution in [1.29, 1.82) is 0 Å². The maximum absolute atomic E-state index is 5.53. The molecule has 0 bridgehead atoms. The monoisotopic (exact) mass is 208 g/mol. The van der Waals surface area contributed by atoms with Gasteiger partial charge in [0.1, 0.15) is 0 Å². The Balaban J connectivity index is 2.33. The van der Waals surface area contributed by atoms with Gasteiger partial charge in [0.05, 0.1) is 0 Å². The molecular formula is C10H9ClN2O. The van der Waals surface area contributed by atoms with Crippen molar-refractivity contribution in [2.45, 2.75) is 13.3 Å². The average molecular weight is 209 g/mol. The summed E-state index contributed by atoms with van der Waals surface area (Å²) < 4.78 is 5.09. The number of hydrogen-bond donors (Lipinski definition) is 0. The molecule has 2 aromatic rings. The topological polar surface area (TPSA) is 38.9 Å². The van der Waals surface area contributed by atoms with Crippen LogP contribution in [0.5, 0.6) is 0 Å². The van der Waals surface area contributed by atoms with Gasteiger partial charge in [0, 0.05) is 5.56 Å². The van der Waals surface area contributed by atoms with Crippen molar-refractivity contribution in [2.75, 3.05) is 0 Å². The predicted molar refractivity (Wildman–Crippen MR) is 54.1 cm³/mol. The minimum Gasteiger partial charge on any atom is -0.407 e. The number of rotatable bonds is 2. The van der Waals surface area contributed by atoms with Crippen molar-refractivity contribution >= 4 is 11.6 Å². The summed E-state index contributed by atoms with van der Waals surface area (Å²) in [5, 5.41) is 7.45. The third-order valence-corrected chi connectivity index (χ3v) is 2.16. The summed E-state index contributed by atoms with van der Waals surface area (Å²) in [6.07, 6.45) is 1.02. The van der Waals surface area contributed by atoms with Crippen molar-refractivity contribution in [3.63, 3.8) is 0 Å². The standard InChI is InChI=1S/C10H9ClN2O/c1-2-7-3-5-8(6-4-7)9-12-13-10(11)14-9/h3-6H,2H2,1H3. The highest BCUT2D eigenvalue weighted by molar-refractivity contribution is 6.27. The van der Waals surface area contributed by atoms with Crippen molar-refractivity contribution in [3.8, 4) is 11.5 Å². The van der Waals surface area contributed by atoms with Crippen molar-refractivity contribution in [2.24, 2.45) is 0 Å². The molecule has 4 heteroatoms. The van der Waals surface area contributed by atoms with Crippen LogP contribution in [-0.2, 0) is 6.42 Å². The van der Waals surface area contributed by atoms with E-state index in [1.807, 2.05) is 24.3 Å². The van der Waals surface area contributed by atoms with Gasteiger partial charge in [-0.15, -0.1) is 5.10 Å². The van der Waals surface area contributed by atoms with Crippen LogP contribution in [0, 0.1) is 0 Å². The first kappa shape index (κ1) is 9.21. The quantitative estimate of drug-likeness (QED) is 0.762. The van der Waals surface area contributed by atoms with Crippen molar-refractivity contribution in [3.05, 3.63) is 35.2 Å². The lowest BCUT2D eigenvalue weighted by Crippen LogP contribution is -1.81. The molecule has 72 valence electrons. The Morgan fingerprint density at radius 3 is 2.43 bits per heavy atom. The van der Waals surface area contributed by atoms with Crippen LogP contribution in [-0.4, -0.2) is 10.2 Å². The maximum atomic E-state index is 5.53. The van der Waals surface area contributed by atoms with Crippen LogP contribution < -0.4 is 0 Å². The van der Waals surface area contributed by atoms with Crippen LogP contribution in [0.15, 0.2) is 28.7 Å². The largest absolute Gasteiger partial charge is 0.407 e. The van der Waals surface area contributed by atoms with E-state index in [1.165, 1.54) is 5.56 Å². The molecule has 1 aromatic heterocycles. The lowest BCUT2D eigenvalue weighted by atomic mass is 10.1.